The van der Waals surface area contributed by atoms with Crippen LogP contribution in [0.2, 0.25) is 0 Å². The Morgan fingerprint density at radius 3 is 2.24 bits per heavy atom. The molecule has 176 valence electrons. The van der Waals surface area contributed by atoms with Crippen molar-refractivity contribution in [1.29, 1.82) is 0 Å². The molecule has 0 bridgehead atoms. The predicted molar refractivity (Wildman–Crippen MR) is 135 cm³/mol. The average Bonchev–Trinajstić information content (AvgIpc) is 3.18. The summed E-state index contributed by atoms with van der Waals surface area (Å²) in [6.07, 6.45) is 0. The summed E-state index contributed by atoms with van der Waals surface area (Å²) < 4.78 is 29.7. The van der Waals surface area contributed by atoms with E-state index in [4.69, 9.17) is 13.8 Å². The quantitative estimate of drug-likeness (QED) is 0.311. The van der Waals surface area contributed by atoms with Crippen molar-refractivity contribution in [2.45, 2.75) is 13.8 Å². The second-order valence-corrected chi connectivity index (χ2v) is 9.51. The van der Waals surface area contributed by atoms with Crippen LogP contribution in [0.15, 0.2) is 72.8 Å². The first kappa shape index (κ1) is 23.8. The monoisotopic (exact) mass is 478 g/mol. The summed E-state index contributed by atoms with van der Waals surface area (Å²) in [5.41, 5.74) is 3.95. The van der Waals surface area contributed by atoms with Crippen molar-refractivity contribution in [2.75, 3.05) is 31.0 Å². The van der Waals surface area contributed by atoms with Gasteiger partial charge in [-0.25, -0.2) is 0 Å². The van der Waals surface area contributed by atoms with E-state index in [0.29, 0.717) is 27.8 Å². The number of amides is 1. The van der Waals surface area contributed by atoms with Crippen LogP contribution in [0.1, 0.15) is 25.0 Å². The third kappa shape index (κ3) is 4.77. The number of hydrogen-bond acceptors (Lipinski definition) is 6. The Hall–Kier alpha value is -3.38. The van der Waals surface area contributed by atoms with E-state index < -0.39 is 7.60 Å². The van der Waals surface area contributed by atoms with Crippen LogP contribution in [0.4, 0.5) is 11.4 Å². The zero-order valence-corrected chi connectivity index (χ0v) is 20.2. The summed E-state index contributed by atoms with van der Waals surface area (Å²) in [7, 11) is -1.91. The van der Waals surface area contributed by atoms with Crippen LogP contribution in [-0.2, 0) is 18.4 Å². The summed E-state index contributed by atoms with van der Waals surface area (Å²) in [6.45, 7) is 4.01. The molecular weight excluding hydrogens is 451 g/mol. The Labute approximate surface area is 199 Å². The van der Waals surface area contributed by atoms with Crippen LogP contribution >= 0.6 is 7.60 Å². The molecule has 3 aromatic carbocycles. The number of rotatable bonds is 9. The number of benzene rings is 3. The number of ether oxygens (including phenoxy) is 1. The van der Waals surface area contributed by atoms with Crippen molar-refractivity contribution in [3.63, 3.8) is 0 Å². The van der Waals surface area contributed by atoms with Crippen molar-refractivity contribution in [2.24, 2.45) is 0 Å². The maximum atomic E-state index is 13.4. The number of anilines is 2. The third-order valence-corrected chi connectivity index (χ3v) is 7.44. The minimum absolute atomic E-state index is 0.239. The van der Waals surface area contributed by atoms with E-state index in [-0.39, 0.29) is 19.1 Å². The van der Waals surface area contributed by atoms with E-state index >= 15 is 0 Å². The maximum absolute atomic E-state index is 13.4. The van der Waals surface area contributed by atoms with Gasteiger partial charge in [-0.2, -0.15) is 0 Å². The van der Waals surface area contributed by atoms with Gasteiger partial charge in [0.2, 0.25) is 0 Å². The van der Waals surface area contributed by atoms with Crippen molar-refractivity contribution in [3.8, 4) is 5.75 Å². The molecule has 0 aliphatic carbocycles. The highest BCUT2D eigenvalue weighted by Gasteiger charge is 2.33. The molecule has 7 nitrogen and oxygen atoms in total. The van der Waals surface area contributed by atoms with Crippen molar-refractivity contribution < 1.29 is 23.1 Å². The van der Waals surface area contributed by atoms with Crippen LogP contribution in [-0.4, -0.2) is 26.2 Å². The van der Waals surface area contributed by atoms with Gasteiger partial charge in [0.1, 0.15) is 5.75 Å². The van der Waals surface area contributed by atoms with E-state index in [9.17, 15) is 9.36 Å². The normalized spacial score (nSPS) is 14.4. The molecule has 2 N–H and O–H groups in total. The fraction of sp³-hybridized carbons (Fsp3) is 0.192. The lowest BCUT2D eigenvalue weighted by Crippen LogP contribution is -2.12. The lowest BCUT2D eigenvalue weighted by molar-refractivity contribution is -0.110. The number of carbonyl (C=O) groups excluding carboxylic acids is 1. The van der Waals surface area contributed by atoms with E-state index in [1.807, 2.05) is 54.6 Å². The molecule has 3 aromatic rings. The van der Waals surface area contributed by atoms with E-state index in [0.717, 1.165) is 17.0 Å². The SMILES string of the molecule is CCOP(=O)(OCC)c1ccc2c(c1)/C(=C(/Nc1ccc(OC)cc1)c1ccccc1)C(=O)N2. The molecule has 0 fully saturated rings. The Morgan fingerprint density at radius 1 is 0.941 bits per heavy atom. The Kier molecular flexibility index (Phi) is 7.17. The van der Waals surface area contributed by atoms with Gasteiger partial charge in [0, 0.05) is 16.9 Å². The summed E-state index contributed by atoms with van der Waals surface area (Å²) in [5, 5.41) is 6.72. The molecule has 0 aromatic heterocycles. The topological polar surface area (TPSA) is 85.9 Å². The van der Waals surface area contributed by atoms with Gasteiger partial charge in [-0.1, -0.05) is 30.3 Å². The number of nitrogens with one attached hydrogen (secondary N) is 2. The van der Waals surface area contributed by atoms with Crippen LogP contribution in [0.5, 0.6) is 5.75 Å². The van der Waals surface area contributed by atoms with Gasteiger partial charge in [0.25, 0.3) is 5.91 Å². The highest BCUT2D eigenvalue weighted by molar-refractivity contribution is 7.62. The van der Waals surface area contributed by atoms with Gasteiger partial charge in [-0.05, 0) is 61.9 Å². The molecule has 34 heavy (non-hydrogen) atoms. The number of carbonyl (C=O) groups is 1. The largest absolute Gasteiger partial charge is 0.497 e. The molecule has 0 radical (unpaired) electrons. The van der Waals surface area contributed by atoms with Crippen molar-refractivity contribution >= 4 is 41.5 Å². The fourth-order valence-electron chi connectivity index (χ4n) is 3.80. The minimum Gasteiger partial charge on any atom is -0.497 e. The van der Waals surface area contributed by atoms with Gasteiger partial charge in [0.15, 0.2) is 0 Å². The smallest absolute Gasteiger partial charge is 0.361 e. The molecule has 0 unspecified atom stereocenters. The molecule has 0 spiro atoms. The summed E-state index contributed by atoms with van der Waals surface area (Å²) >= 11 is 0. The Bertz CT molecular complexity index is 1250. The zero-order valence-electron chi connectivity index (χ0n) is 19.3. The first-order valence-corrected chi connectivity index (χ1v) is 12.6. The minimum atomic E-state index is -3.52. The number of hydrogen-bond donors (Lipinski definition) is 2. The Balaban J connectivity index is 1.87. The molecule has 1 heterocycles. The van der Waals surface area contributed by atoms with E-state index in [1.54, 1.807) is 39.2 Å². The van der Waals surface area contributed by atoms with Crippen LogP contribution in [0, 0.1) is 0 Å². The molecule has 0 saturated heterocycles. The molecule has 4 rings (SSSR count). The van der Waals surface area contributed by atoms with Crippen LogP contribution in [0.25, 0.3) is 11.3 Å². The first-order valence-electron chi connectivity index (χ1n) is 11.0. The maximum Gasteiger partial charge on any atom is 0.361 e. The second kappa shape index (κ2) is 10.3. The van der Waals surface area contributed by atoms with Gasteiger partial charge in [0.05, 0.1) is 36.9 Å². The van der Waals surface area contributed by atoms with Crippen LogP contribution in [0.3, 0.4) is 0 Å². The number of methoxy groups -OCH3 is 1. The molecule has 1 aliphatic rings. The van der Waals surface area contributed by atoms with E-state index in [1.165, 1.54) is 0 Å². The van der Waals surface area contributed by atoms with Gasteiger partial charge < -0.3 is 24.4 Å². The predicted octanol–water partition coefficient (Wildman–Crippen LogP) is 5.52. The first-order chi connectivity index (χ1) is 16.5. The lowest BCUT2D eigenvalue weighted by atomic mass is 10.00. The summed E-state index contributed by atoms with van der Waals surface area (Å²) in [6, 6.07) is 22.2. The van der Waals surface area contributed by atoms with Crippen LogP contribution < -0.4 is 20.7 Å². The molecule has 0 atom stereocenters. The summed E-state index contributed by atoms with van der Waals surface area (Å²) in [5.74, 6) is 0.477. The highest BCUT2D eigenvalue weighted by atomic mass is 31.2. The molecule has 1 aliphatic heterocycles. The highest BCUT2D eigenvalue weighted by Crippen LogP contribution is 2.48. The fourth-order valence-corrected chi connectivity index (χ4v) is 5.40. The summed E-state index contributed by atoms with van der Waals surface area (Å²) in [4.78, 5) is 13.2. The molecule has 8 heteroatoms. The molecular formula is C26H27N2O5P. The zero-order chi connectivity index (χ0) is 24.1. The standard InChI is InChI=1S/C26H27N2O5P/c1-4-32-34(30,33-5-2)21-15-16-23-22(17-21)24(26(29)28-23)25(18-9-7-6-8-10-18)27-19-11-13-20(31-3)14-12-19/h6-17,27H,4-5H2,1-3H3,(H,28,29)/b25-24-. The molecule has 0 saturated carbocycles. The van der Waals surface area contributed by atoms with Crippen molar-refractivity contribution in [1.82, 2.24) is 0 Å². The lowest BCUT2D eigenvalue weighted by Gasteiger charge is -2.18. The second-order valence-electron chi connectivity index (χ2n) is 7.49. The Morgan fingerprint density at radius 2 is 1.62 bits per heavy atom. The van der Waals surface area contributed by atoms with Gasteiger partial charge in [-0.15, -0.1) is 0 Å². The van der Waals surface area contributed by atoms with Gasteiger partial charge >= 0.3 is 7.60 Å². The number of fused-ring (bicyclic) bond motifs is 1. The van der Waals surface area contributed by atoms with Crippen molar-refractivity contribution in [3.05, 3.63) is 83.9 Å². The third-order valence-electron chi connectivity index (χ3n) is 5.33. The van der Waals surface area contributed by atoms with Gasteiger partial charge in [-0.3, -0.25) is 9.36 Å². The average molecular weight is 478 g/mol. The van der Waals surface area contributed by atoms with E-state index in [2.05, 4.69) is 10.6 Å². The molecule has 1 amide bonds.